The summed E-state index contributed by atoms with van der Waals surface area (Å²) in [4.78, 5) is 1.07. The largest absolute Gasteiger partial charge is 0.411 e. The lowest BCUT2D eigenvalue weighted by atomic mass is 10.3. The minimum atomic E-state index is -1.19. The van der Waals surface area contributed by atoms with Crippen LogP contribution < -0.4 is 4.50 Å². The van der Waals surface area contributed by atoms with Gasteiger partial charge in [0.1, 0.15) is 0 Å². The lowest BCUT2D eigenvalue weighted by Crippen LogP contribution is -2.34. The summed E-state index contributed by atoms with van der Waals surface area (Å²) >= 11 is 1.74. The molecule has 1 aromatic rings. The van der Waals surface area contributed by atoms with Crippen molar-refractivity contribution in [2.45, 2.75) is 26.6 Å². The maximum atomic E-state index is 8.61. The molecule has 0 saturated carbocycles. The van der Waals surface area contributed by atoms with Crippen molar-refractivity contribution in [2.24, 2.45) is 5.16 Å². The van der Waals surface area contributed by atoms with Crippen LogP contribution in [0.25, 0.3) is 0 Å². The zero-order valence-corrected chi connectivity index (χ0v) is 10.3. The summed E-state index contributed by atoms with van der Waals surface area (Å²) in [6.07, 6.45) is 0. The highest BCUT2D eigenvalue weighted by atomic mass is 32.1. The Morgan fingerprint density at radius 1 is 1.38 bits per heavy atom. The van der Waals surface area contributed by atoms with E-state index in [2.05, 4.69) is 30.9 Å². The van der Waals surface area contributed by atoms with Gasteiger partial charge in [0, 0.05) is 0 Å². The van der Waals surface area contributed by atoms with Crippen LogP contribution in [0.15, 0.2) is 17.3 Å². The predicted octanol–water partition coefficient (Wildman–Crippen LogP) is 2.49. The zero-order chi connectivity index (χ0) is 10.1. The second-order valence-corrected chi connectivity index (χ2v) is 10.6. The quantitative estimate of drug-likeness (QED) is 0.348. The van der Waals surface area contributed by atoms with Crippen molar-refractivity contribution in [3.05, 3.63) is 17.0 Å². The average molecular weight is 213 g/mol. The Kier molecular flexibility index (Phi) is 2.93. The molecule has 0 aliphatic carbocycles. The van der Waals surface area contributed by atoms with Gasteiger partial charge in [-0.1, -0.05) is 30.9 Å². The molecule has 2 nitrogen and oxygen atoms in total. The first-order valence-electron chi connectivity index (χ1n) is 4.24. The van der Waals surface area contributed by atoms with Crippen LogP contribution in [-0.4, -0.2) is 19.0 Å². The van der Waals surface area contributed by atoms with Gasteiger partial charge in [-0.05, 0) is 17.5 Å². The smallest absolute Gasteiger partial charge is 0.0936 e. The van der Waals surface area contributed by atoms with Crippen LogP contribution >= 0.6 is 11.3 Å². The van der Waals surface area contributed by atoms with Crippen molar-refractivity contribution in [1.29, 1.82) is 0 Å². The highest BCUT2D eigenvalue weighted by Gasteiger charge is 2.19. The molecular formula is C9H15NOSSi. The van der Waals surface area contributed by atoms with E-state index in [0.29, 0.717) is 5.71 Å². The van der Waals surface area contributed by atoms with Crippen LogP contribution in [0.1, 0.15) is 11.8 Å². The summed E-state index contributed by atoms with van der Waals surface area (Å²) < 4.78 is 1.45. The lowest BCUT2D eigenvalue weighted by Gasteiger charge is -2.12. The molecule has 0 fully saturated rings. The molecule has 1 aromatic heterocycles. The van der Waals surface area contributed by atoms with Gasteiger partial charge in [0.2, 0.25) is 0 Å². The number of hydrogen-bond donors (Lipinski definition) is 1. The Balaban J connectivity index is 3.00. The summed E-state index contributed by atoms with van der Waals surface area (Å²) in [5.74, 6) is 0. The van der Waals surface area contributed by atoms with Crippen LogP contribution in [-0.2, 0) is 0 Å². The van der Waals surface area contributed by atoms with E-state index in [1.54, 1.807) is 11.3 Å². The Hall–Kier alpha value is -0.613. The molecule has 0 radical (unpaired) electrons. The predicted molar refractivity (Wildman–Crippen MR) is 61.3 cm³/mol. The van der Waals surface area contributed by atoms with E-state index >= 15 is 0 Å². The van der Waals surface area contributed by atoms with Crippen LogP contribution in [0.4, 0.5) is 0 Å². The molecule has 0 spiro atoms. The van der Waals surface area contributed by atoms with Gasteiger partial charge >= 0.3 is 0 Å². The Morgan fingerprint density at radius 2 is 2.00 bits per heavy atom. The van der Waals surface area contributed by atoms with Gasteiger partial charge in [-0.15, -0.1) is 11.3 Å². The molecule has 0 unspecified atom stereocenters. The fraction of sp³-hybridized carbons (Fsp3) is 0.444. The van der Waals surface area contributed by atoms with Crippen molar-refractivity contribution < 1.29 is 5.21 Å². The second-order valence-electron chi connectivity index (χ2n) is 4.10. The van der Waals surface area contributed by atoms with Gasteiger partial charge in [0.05, 0.1) is 18.7 Å². The first-order valence-corrected chi connectivity index (χ1v) is 8.56. The number of oxime groups is 1. The van der Waals surface area contributed by atoms with E-state index in [4.69, 9.17) is 5.21 Å². The van der Waals surface area contributed by atoms with Gasteiger partial charge in [-0.3, -0.25) is 0 Å². The zero-order valence-electron chi connectivity index (χ0n) is 8.46. The van der Waals surface area contributed by atoms with E-state index < -0.39 is 8.07 Å². The number of thiophene rings is 1. The van der Waals surface area contributed by atoms with E-state index in [-0.39, 0.29) is 0 Å². The number of hydrogen-bond acceptors (Lipinski definition) is 3. The average Bonchev–Trinajstić information content (AvgIpc) is 2.50. The maximum Gasteiger partial charge on any atom is 0.0936 e. The molecule has 1 heterocycles. The van der Waals surface area contributed by atoms with Gasteiger partial charge < -0.3 is 5.21 Å². The highest BCUT2D eigenvalue weighted by Crippen LogP contribution is 2.13. The maximum absolute atomic E-state index is 8.61. The van der Waals surface area contributed by atoms with Crippen molar-refractivity contribution >= 4 is 29.6 Å². The van der Waals surface area contributed by atoms with E-state index in [0.717, 1.165) is 4.88 Å². The monoisotopic (exact) mass is 213 g/mol. The number of nitrogens with zero attached hydrogens (tertiary/aromatic N) is 1. The normalized spacial score (nSPS) is 13.4. The summed E-state index contributed by atoms with van der Waals surface area (Å²) in [7, 11) is -1.19. The molecule has 0 bridgehead atoms. The minimum absolute atomic E-state index is 0.703. The molecule has 13 heavy (non-hydrogen) atoms. The van der Waals surface area contributed by atoms with Crippen LogP contribution in [0.5, 0.6) is 0 Å². The van der Waals surface area contributed by atoms with Crippen LogP contribution in [0.2, 0.25) is 19.6 Å². The number of rotatable bonds is 2. The van der Waals surface area contributed by atoms with Crippen molar-refractivity contribution in [1.82, 2.24) is 0 Å². The molecule has 0 atom stereocenters. The summed E-state index contributed by atoms with van der Waals surface area (Å²) in [5.41, 5.74) is 0.703. The second kappa shape index (κ2) is 3.63. The molecule has 1 rings (SSSR count). The minimum Gasteiger partial charge on any atom is -0.411 e. The van der Waals surface area contributed by atoms with Gasteiger partial charge in [0.25, 0.3) is 0 Å². The van der Waals surface area contributed by atoms with E-state index in [1.807, 2.05) is 13.0 Å². The van der Waals surface area contributed by atoms with Crippen molar-refractivity contribution in [3.8, 4) is 0 Å². The third kappa shape index (κ3) is 2.41. The SMILES string of the molecule is C/C(=N\O)c1ccc([Si](C)(C)C)s1. The van der Waals surface area contributed by atoms with E-state index in [9.17, 15) is 0 Å². The summed E-state index contributed by atoms with van der Waals surface area (Å²) in [6, 6.07) is 4.19. The summed E-state index contributed by atoms with van der Waals surface area (Å²) in [5, 5.41) is 11.8. The highest BCUT2D eigenvalue weighted by molar-refractivity contribution is 7.27. The topological polar surface area (TPSA) is 32.6 Å². The lowest BCUT2D eigenvalue weighted by molar-refractivity contribution is 0.319. The van der Waals surface area contributed by atoms with Crippen LogP contribution in [0, 0.1) is 0 Å². The van der Waals surface area contributed by atoms with Gasteiger partial charge in [0.15, 0.2) is 0 Å². The first-order chi connectivity index (χ1) is 5.95. The van der Waals surface area contributed by atoms with Crippen LogP contribution in [0.3, 0.4) is 0 Å². The standard InChI is InChI=1S/C9H15NOSSi/c1-7(10-11)8-5-6-9(12-8)13(2,3)4/h5-6,11H,1-4H3/b10-7+. The van der Waals surface area contributed by atoms with Gasteiger partial charge in [-0.2, -0.15) is 0 Å². The third-order valence-electron chi connectivity index (χ3n) is 1.85. The Labute approximate surface area is 83.9 Å². The van der Waals surface area contributed by atoms with Crippen molar-refractivity contribution in [3.63, 3.8) is 0 Å². The first kappa shape index (κ1) is 10.5. The summed E-state index contributed by atoms with van der Waals surface area (Å²) in [6.45, 7) is 8.76. The molecule has 0 saturated heterocycles. The third-order valence-corrected chi connectivity index (χ3v) is 6.65. The molecular weight excluding hydrogens is 198 g/mol. The molecule has 4 heteroatoms. The molecule has 72 valence electrons. The Morgan fingerprint density at radius 3 is 2.38 bits per heavy atom. The molecule has 0 aromatic carbocycles. The van der Waals surface area contributed by atoms with E-state index in [1.165, 1.54) is 4.50 Å². The molecule has 0 aliphatic rings. The Bertz CT molecular complexity index is 325. The fourth-order valence-corrected chi connectivity index (χ4v) is 3.82. The molecule has 1 N–H and O–H groups in total. The van der Waals surface area contributed by atoms with Gasteiger partial charge in [-0.25, -0.2) is 0 Å². The molecule has 0 aliphatic heterocycles. The fourth-order valence-electron chi connectivity index (χ4n) is 0.985. The molecule has 0 amide bonds. The van der Waals surface area contributed by atoms with Crippen molar-refractivity contribution in [2.75, 3.05) is 0 Å².